The van der Waals surface area contributed by atoms with Gasteiger partial charge in [0, 0.05) is 18.7 Å². The molecule has 1 aromatic rings. The lowest BCUT2D eigenvalue weighted by molar-refractivity contribution is 0.743. The normalized spacial score (nSPS) is 17.0. The Morgan fingerprint density at radius 2 is 2.47 bits per heavy atom. The van der Waals surface area contributed by atoms with Gasteiger partial charge in [-0.15, -0.1) is 0 Å². The van der Waals surface area contributed by atoms with Crippen LogP contribution >= 0.6 is 0 Å². The first-order valence-electron chi connectivity index (χ1n) is 5.24. The number of hydrogen-bond acceptors (Lipinski definition) is 4. The lowest BCUT2D eigenvalue weighted by atomic mass is 10.00. The number of anilines is 1. The van der Waals surface area contributed by atoms with Crippen molar-refractivity contribution in [3.63, 3.8) is 0 Å². The van der Waals surface area contributed by atoms with Crippen LogP contribution in [0.5, 0.6) is 0 Å². The fraction of sp³-hybridized carbons (Fsp3) is 0.455. The number of nitrogens with one attached hydrogen (secondary N) is 1. The zero-order valence-electron chi connectivity index (χ0n) is 8.90. The molecule has 0 saturated heterocycles. The Morgan fingerprint density at radius 3 is 3.13 bits per heavy atom. The number of pyridine rings is 1. The molecule has 0 saturated carbocycles. The standard InChI is InChI=1S/C11H16N4/c1-8(11-14-4-5-15-11)6-9-2-3-13-7-10(9)12/h2-3,7-8H,4-6,12H2,1H3,(H,14,15). The Kier molecular flexibility index (Phi) is 2.85. The number of rotatable bonds is 3. The zero-order chi connectivity index (χ0) is 10.7. The van der Waals surface area contributed by atoms with Crippen LogP contribution in [0.15, 0.2) is 23.5 Å². The van der Waals surface area contributed by atoms with Crippen molar-refractivity contribution >= 4 is 11.5 Å². The van der Waals surface area contributed by atoms with Crippen molar-refractivity contribution in [2.24, 2.45) is 10.9 Å². The maximum Gasteiger partial charge on any atom is 0.0996 e. The van der Waals surface area contributed by atoms with E-state index in [1.54, 1.807) is 12.4 Å². The summed E-state index contributed by atoms with van der Waals surface area (Å²) in [6, 6.07) is 1.97. The molecule has 0 spiro atoms. The van der Waals surface area contributed by atoms with Crippen LogP contribution in [0, 0.1) is 5.92 Å². The van der Waals surface area contributed by atoms with E-state index in [1.807, 2.05) is 6.07 Å². The van der Waals surface area contributed by atoms with Gasteiger partial charge >= 0.3 is 0 Å². The molecule has 1 unspecified atom stereocenters. The van der Waals surface area contributed by atoms with E-state index in [9.17, 15) is 0 Å². The number of aromatic nitrogens is 1. The van der Waals surface area contributed by atoms with E-state index in [-0.39, 0.29) is 0 Å². The number of nitrogen functional groups attached to an aromatic ring is 1. The Balaban J connectivity index is 2.05. The van der Waals surface area contributed by atoms with Crippen LogP contribution in [0.25, 0.3) is 0 Å². The van der Waals surface area contributed by atoms with E-state index in [1.165, 1.54) is 0 Å². The number of hydrogen-bond donors (Lipinski definition) is 2. The van der Waals surface area contributed by atoms with Crippen molar-refractivity contribution in [2.45, 2.75) is 13.3 Å². The SMILES string of the molecule is CC(Cc1ccncc1N)C1=NCCN1. The van der Waals surface area contributed by atoms with Gasteiger partial charge in [0.25, 0.3) is 0 Å². The highest BCUT2D eigenvalue weighted by Crippen LogP contribution is 2.15. The predicted octanol–water partition coefficient (Wildman–Crippen LogP) is 0.844. The first-order chi connectivity index (χ1) is 7.27. The minimum Gasteiger partial charge on any atom is -0.397 e. The third-order valence-electron chi connectivity index (χ3n) is 2.64. The largest absolute Gasteiger partial charge is 0.397 e. The van der Waals surface area contributed by atoms with E-state index >= 15 is 0 Å². The fourth-order valence-electron chi connectivity index (χ4n) is 1.79. The molecule has 1 aliphatic rings. The van der Waals surface area contributed by atoms with Gasteiger partial charge in [-0.05, 0) is 18.1 Å². The number of amidine groups is 1. The smallest absolute Gasteiger partial charge is 0.0996 e. The first kappa shape index (κ1) is 9.96. The molecule has 1 aliphatic heterocycles. The average molecular weight is 204 g/mol. The molecule has 0 aliphatic carbocycles. The summed E-state index contributed by atoms with van der Waals surface area (Å²) in [7, 11) is 0. The van der Waals surface area contributed by atoms with Gasteiger partial charge in [0.2, 0.25) is 0 Å². The van der Waals surface area contributed by atoms with Crippen LogP contribution in [0.2, 0.25) is 0 Å². The number of nitrogens with zero attached hydrogens (tertiary/aromatic N) is 2. The summed E-state index contributed by atoms with van der Waals surface area (Å²) in [6.07, 6.45) is 4.40. The molecular formula is C11H16N4. The minimum atomic E-state index is 0.400. The zero-order valence-corrected chi connectivity index (χ0v) is 8.90. The van der Waals surface area contributed by atoms with E-state index < -0.39 is 0 Å². The van der Waals surface area contributed by atoms with Crippen LogP contribution in [-0.2, 0) is 6.42 Å². The summed E-state index contributed by atoms with van der Waals surface area (Å²) in [5.74, 6) is 1.50. The molecule has 4 nitrogen and oxygen atoms in total. The van der Waals surface area contributed by atoms with Crippen LogP contribution in [0.4, 0.5) is 5.69 Å². The first-order valence-corrected chi connectivity index (χ1v) is 5.24. The lowest BCUT2D eigenvalue weighted by Crippen LogP contribution is -2.26. The highest BCUT2D eigenvalue weighted by atomic mass is 15.1. The summed E-state index contributed by atoms with van der Waals surface area (Å²) < 4.78 is 0. The summed E-state index contributed by atoms with van der Waals surface area (Å²) in [5, 5.41) is 3.29. The maximum atomic E-state index is 5.84. The van der Waals surface area contributed by atoms with Gasteiger partial charge in [-0.2, -0.15) is 0 Å². The average Bonchev–Trinajstić information content (AvgIpc) is 2.74. The van der Waals surface area contributed by atoms with Gasteiger partial charge < -0.3 is 11.1 Å². The highest BCUT2D eigenvalue weighted by Gasteiger charge is 2.15. The Morgan fingerprint density at radius 1 is 1.60 bits per heavy atom. The monoisotopic (exact) mass is 204 g/mol. The Labute approximate surface area is 89.6 Å². The summed E-state index contributed by atoms with van der Waals surface area (Å²) >= 11 is 0. The number of nitrogens with two attached hydrogens (primary N) is 1. The van der Waals surface area contributed by atoms with Gasteiger partial charge in [0.15, 0.2) is 0 Å². The highest BCUT2D eigenvalue weighted by molar-refractivity contribution is 5.85. The number of aliphatic imine (C=N–C) groups is 1. The molecule has 2 rings (SSSR count). The Hall–Kier alpha value is -1.58. The molecule has 0 amide bonds. The molecule has 15 heavy (non-hydrogen) atoms. The molecule has 3 N–H and O–H groups in total. The third-order valence-corrected chi connectivity index (χ3v) is 2.64. The van der Waals surface area contributed by atoms with Crippen molar-refractivity contribution in [1.82, 2.24) is 10.3 Å². The third kappa shape index (κ3) is 2.26. The molecule has 1 atom stereocenters. The van der Waals surface area contributed by atoms with E-state index in [0.29, 0.717) is 5.92 Å². The second kappa shape index (κ2) is 4.29. The second-order valence-corrected chi connectivity index (χ2v) is 3.87. The van der Waals surface area contributed by atoms with Crippen molar-refractivity contribution in [2.75, 3.05) is 18.8 Å². The molecule has 0 radical (unpaired) electrons. The molecule has 1 aromatic heterocycles. The van der Waals surface area contributed by atoms with Crippen molar-refractivity contribution in [1.29, 1.82) is 0 Å². The van der Waals surface area contributed by atoms with E-state index in [0.717, 1.165) is 36.6 Å². The molecule has 0 fully saturated rings. The van der Waals surface area contributed by atoms with Crippen molar-refractivity contribution in [3.05, 3.63) is 24.0 Å². The van der Waals surface area contributed by atoms with Gasteiger partial charge in [-0.3, -0.25) is 9.98 Å². The quantitative estimate of drug-likeness (QED) is 0.767. The maximum absolute atomic E-state index is 5.84. The molecule has 0 aromatic carbocycles. The van der Waals surface area contributed by atoms with Gasteiger partial charge in [0.05, 0.1) is 24.3 Å². The molecule has 80 valence electrons. The van der Waals surface area contributed by atoms with Crippen LogP contribution < -0.4 is 11.1 Å². The second-order valence-electron chi connectivity index (χ2n) is 3.87. The summed E-state index contributed by atoms with van der Waals surface area (Å²) in [4.78, 5) is 8.39. The van der Waals surface area contributed by atoms with Crippen LogP contribution in [0.3, 0.4) is 0 Å². The van der Waals surface area contributed by atoms with E-state index in [4.69, 9.17) is 5.73 Å². The van der Waals surface area contributed by atoms with E-state index in [2.05, 4.69) is 22.2 Å². The lowest BCUT2D eigenvalue weighted by Gasteiger charge is -2.13. The van der Waals surface area contributed by atoms with Crippen LogP contribution in [0.1, 0.15) is 12.5 Å². The topological polar surface area (TPSA) is 63.3 Å². The van der Waals surface area contributed by atoms with Gasteiger partial charge in [0.1, 0.15) is 0 Å². The van der Waals surface area contributed by atoms with Crippen molar-refractivity contribution < 1.29 is 0 Å². The molecular weight excluding hydrogens is 188 g/mol. The fourth-order valence-corrected chi connectivity index (χ4v) is 1.79. The minimum absolute atomic E-state index is 0.400. The molecule has 0 bridgehead atoms. The van der Waals surface area contributed by atoms with Gasteiger partial charge in [-0.1, -0.05) is 6.92 Å². The summed E-state index contributed by atoms with van der Waals surface area (Å²) in [6.45, 7) is 4.02. The van der Waals surface area contributed by atoms with Crippen molar-refractivity contribution in [3.8, 4) is 0 Å². The Bertz CT molecular complexity index is 373. The predicted molar refractivity (Wildman–Crippen MR) is 61.8 cm³/mol. The summed E-state index contributed by atoms with van der Waals surface area (Å²) in [5.41, 5.74) is 7.76. The molecule has 4 heteroatoms. The molecule has 2 heterocycles. The van der Waals surface area contributed by atoms with Crippen LogP contribution in [-0.4, -0.2) is 23.9 Å². The van der Waals surface area contributed by atoms with Gasteiger partial charge in [-0.25, -0.2) is 0 Å².